The Morgan fingerprint density at radius 1 is 1.39 bits per heavy atom. The quantitative estimate of drug-likeness (QED) is 0.919. The summed E-state index contributed by atoms with van der Waals surface area (Å²) >= 11 is 0. The average Bonchev–Trinajstić information content (AvgIpc) is 2.71. The van der Waals surface area contributed by atoms with Gasteiger partial charge in [0.25, 0.3) is 0 Å². The molecule has 0 aliphatic rings. The summed E-state index contributed by atoms with van der Waals surface area (Å²) in [6.07, 6.45) is -3.92. The number of halogens is 3. The summed E-state index contributed by atoms with van der Waals surface area (Å²) in [6, 6.07) is 4.08. The van der Waals surface area contributed by atoms with Crippen LogP contribution in [0.3, 0.4) is 0 Å². The molecule has 0 spiro atoms. The van der Waals surface area contributed by atoms with Crippen LogP contribution in [0, 0.1) is 0 Å². The number of benzene rings is 1. The monoisotopic (exact) mass is 258 g/mol. The van der Waals surface area contributed by atoms with E-state index >= 15 is 0 Å². The number of alkyl halides is 3. The van der Waals surface area contributed by atoms with Crippen LogP contribution in [0.25, 0.3) is 10.9 Å². The van der Waals surface area contributed by atoms with Crippen LogP contribution < -0.4 is 5.32 Å². The van der Waals surface area contributed by atoms with Crippen molar-refractivity contribution in [3.63, 3.8) is 0 Å². The molecule has 0 fully saturated rings. The van der Waals surface area contributed by atoms with Gasteiger partial charge in [0.1, 0.15) is 11.3 Å². The maximum Gasteiger partial charge on any atom is 0.418 e. The molecule has 1 heterocycles. The van der Waals surface area contributed by atoms with E-state index in [4.69, 9.17) is 4.52 Å². The minimum atomic E-state index is -4.41. The van der Waals surface area contributed by atoms with Gasteiger partial charge >= 0.3 is 6.18 Å². The highest BCUT2D eigenvalue weighted by Gasteiger charge is 2.34. The van der Waals surface area contributed by atoms with Gasteiger partial charge in [0.05, 0.1) is 5.56 Å². The Bertz CT molecular complexity index is 548. The lowest BCUT2D eigenvalue weighted by Gasteiger charge is -2.07. The molecule has 0 amide bonds. The molecule has 0 saturated carbocycles. The van der Waals surface area contributed by atoms with Crippen molar-refractivity contribution in [1.29, 1.82) is 0 Å². The molecule has 1 unspecified atom stereocenters. The van der Waals surface area contributed by atoms with Gasteiger partial charge in [-0.05, 0) is 26.1 Å². The van der Waals surface area contributed by atoms with Crippen molar-refractivity contribution in [3.8, 4) is 0 Å². The maximum atomic E-state index is 12.8. The zero-order valence-corrected chi connectivity index (χ0v) is 10.0. The number of nitrogens with one attached hydrogen (secondary N) is 1. The lowest BCUT2D eigenvalue weighted by atomic mass is 10.1. The summed E-state index contributed by atoms with van der Waals surface area (Å²) < 4.78 is 43.3. The third-order valence-electron chi connectivity index (χ3n) is 2.87. The van der Waals surface area contributed by atoms with Gasteiger partial charge in [0.2, 0.25) is 0 Å². The highest BCUT2D eigenvalue weighted by molar-refractivity contribution is 5.84. The second-order valence-corrected chi connectivity index (χ2v) is 4.20. The van der Waals surface area contributed by atoms with Gasteiger partial charge in [0.15, 0.2) is 0 Å². The molecular weight excluding hydrogens is 245 g/mol. The summed E-state index contributed by atoms with van der Waals surface area (Å²) in [5.41, 5.74) is -0.879. The Kier molecular flexibility index (Phi) is 3.30. The van der Waals surface area contributed by atoms with E-state index in [9.17, 15) is 13.2 Å². The fraction of sp³-hybridized carbons (Fsp3) is 0.417. The second kappa shape index (κ2) is 4.61. The standard InChI is InChI=1S/C12H13F3N2O/c1-7(16-2)6-10-8-4-3-5-9(12(13,14)15)11(8)17-18-10/h3-5,7,16H,6H2,1-2H3. The van der Waals surface area contributed by atoms with E-state index in [1.165, 1.54) is 6.07 Å². The van der Waals surface area contributed by atoms with Gasteiger partial charge in [-0.3, -0.25) is 0 Å². The van der Waals surface area contributed by atoms with Crippen LogP contribution in [0.2, 0.25) is 0 Å². The van der Waals surface area contributed by atoms with Crippen LogP contribution in [0.4, 0.5) is 13.2 Å². The van der Waals surface area contributed by atoms with Gasteiger partial charge in [0, 0.05) is 17.8 Å². The third-order valence-corrected chi connectivity index (χ3v) is 2.87. The number of fused-ring (bicyclic) bond motifs is 1. The summed E-state index contributed by atoms with van der Waals surface area (Å²) in [5.74, 6) is 0.470. The van der Waals surface area contributed by atoms with E-state index in [-0.39, 0.29) is 11.6 Å². The van der Waals surface area contributed by atoms with E-state index < -0.39 is 11.7 Å². The Morgan fingerprint density at radius 2 is 2.11 bits per heavy atom. The molecule has 2 aromatic rings. The number of hydrogen-bond acceptors (Lipinski definition) is 3. The fourth-order valence-corrected chi connectivity index (χ4v) is 1.77. The summed E-state index contributed by atoms with van der Waals surface area (Å²) in [7, 11) is 1.78. The first-order valence-corrected chi connectivity index (χ1v) is 5.55. The minimum absolute atomic E-state index is 0.107. The van der Waals surface area contributed by atoms with Crippen LogP contribution in [0.1, 0.15) is 18.2 Å². The molecule has 1 N–H and O–H groups in total. The van der Waals surface area contributed by atoms with Gasteiger partial charge in [-0.1, -0.05) is 11.2 Å². The summed E-state index contributed by atoms with van der Waals surface area (Å²) in [4.78, 5) is 0. The van der Waals surface area contributed by atoms with Crippen LogP contribution in [0.5, 0.6) is 0 Å². The molecule has 0 aliphatic heterocycles. The van der Waals surface area contributed by atoms with E-state index in [1.807, 2.05) is 6.92 Å². The number of rotatable bonds is 3. The maximum absolute atomic E-state index is 12.8. The van der Waals surface area contributed by atoms with E-state index in [0.717, 1.165) is 6.07 Å². The summed E-state index contributed by atoms with van der Waals surface area (Å²) in [6.45, 7) is 1.92. The molecule has 2 rings (SSSR count). The van der Waals surface area contributed by atoms with E-state index in [1.54, 1.807) is 13.1 Å². The summed E-state index contributed by atoms with van der Waals surface area (Å²) in [5, 5.41) is 6.98. The first kappa shape index (κ1) is 12.9. The van der Waals surface area contributed by atoms with Crippen LogP contribution in [-0.4, -0.2) is 18.2 Å². The lowest BCUT2D eigenvalue weighted by molar-refractivity contribution is -0.136. The lowest BCUT2D eigenvalue weighted by Crippen LogP contribution is -2.23. The molecular formula is C12H13F3N2O. The van der Waals surface area contributed by atoms with Crippen LogP contribution >= 0.6 is 0 Å². The van der Waals surface area contributed by atoms with E-state index in [0.29, 0.717) is 17.6 Å². The van der Waals surface area contributed by atoms with Crippen LogP contribution in [0.15, 0.2) is 22.7 Å². The molecule has 98 valence electrons. The normalized spacial score (nSPS) is 14.1. The first-order chi connectivity index (χ1) is 8.43. The molecule has 1 atom stereocenters. The zero-order valence-electron chi connectivity index (χ0n) is 10.0. The van der Waals surface area contributed by atoms with Crippen molar-refractivity contribution >= 4 is 10.9 Å². The molecule has 0 saturated heterocycles. The van der Waals surface area contributed by atoms with Gasteiger partial charge in [-0.25, -0.2) is 0 Å². The Balaban J connectivity index is 2.49. The number of hydrogen-bond donors (Lipinski definition) is 1. The SMILES string of the molecule is CNC(C)Cc1onc2c(C(F)(F)F)cccc12. The molecule has 18 heavy (non-hydrogen) atoms. The topological polar surface area (TPSA) is 38.1 Å². The average molecular weight is 258 g/mol. The Labute approximate surface area is 102 Å². The Hall–Kier alpha value is -1.56. The van der Waals surface area contributed by atoms with Crippen molar-refractivity contribution in [3.05, 3.63) is 29.5 Å². The van der Waals surface area contributed by atoms with E-state index in [2.05, 4.69) is 10.5 Å². The number of aromatic nitrogens is 1. The highest BCUT2D eigenvalue weighted by atomic mass is 19.4. The minimum Gasteiger partial charge on any atom is -0.360 e. The third kappa shape index (κ3) is 2.33. The van der Waals surface area contributed by atoms with Crippen molar-refractivity contribution in [2.24, 2.45) is 0 Å². The number of nitrogens with zero attached hydrogens (tertiary/aromatic N) is 1. The van der Waals surface area contributed by atoms with Gasteiger partial charge in [-0.15, -0.1) is 0 Å². The smallest absolute Gasteiger partial charge is 0.360 e. The predicted octanol–water partition coefficient (Wildman–Crippen LogP) is 3.00. The van der Waals surface area contributed by atoms with Crippen LogP contribution in [-0.2, 0) is 12.6 Å². The molecule has 0 aliphatic carbocycles. The molecule has 3 nitrogen and oxygen atoms in total. The second-order valence-electron chi connectivity index (χ2n) is 4.20. The molecule has 6 heteroatoms. The largest absolute Gasteiger partial charge is 0.418 e. The van der Waals surface area contributed by atoms with Gasteiger partial charge in [-0.2, -0.15) is 13.2 Å². The molecule has 0 bridgehead atoms. The zero-order chi connectivity index (χ0) is 13.3. The molecule has 1 aromatic carbocycles. The Morgan fingerprint density at radius 3 is 2.72 bits per heavy atom. The first-order valence-electron chi connectivity index (χ1n) is 5.55. The molecule has 1 aromatic heterocycles. The predicted molar refractivity (Wildman–Crippen MR) is 61.2 cm³/mol. The number of likely N-dealkylation sites (N-methyl/N-ethyl adjacent to an activating group) is 1. The van der Waals surface area contributed by atoms with Crippen molar-refractivity contribution < 1.29 is 17.7 Å². The van der Waals surface area contributed by atoms with Crippen molar-refractivity contribution in [2.45, 2.75) is 25.6 Å². The fourth-order valence-electron chi connectivity index (χ4n) is 1.77. The van der Waals surface area contributed by atoms with Crippen molar-refractivity contribution in [1.82, 2.24) is 10.5 Å². The highest BCUT2D eigenvalue weighted by Crippen LogP contribution is 2.35. The van der Waals surface area contributed by atoms with Gasteiger partial charge < -0.3 is 9.84 Å². The van der Waals surface area contributed by atoms with Crippen molar-refractivity contribution in [2.75, 3.05) is 7.05 Å². The molecule has 0 radical (unpaired) electrons.